The monoisotopic (exact) mass is 342 g/mol. The Kier molecular flexibility index (Phi) is 5.85. The molecule has 0 aromatic heterocycles. The lowest BCUT2D eigenvalue weighted by molar-refractivity contribution is 0.184. The van der Waals surface area contributed by atoms with Crippen LogP contribution in [0.25, 0.3) is 16.7 Å². The summed E-state index contributed by atoms with van der Waals surface area (Å²) in [6, 6.07) is 12.8. The summed E-state index contributed by atoms with van der Waals surface area (Å²) in [6.45, 7) is 1.22. The number of halogens is 2. The minimum Gasteiger partial charge on any atom is -0.460 e. The Hall–Kier alpha value is -2.16. The van der Waals surface area contributed by atoms with Gasteiger partial charge in [0.15, 0.2) is 11.6 Å². The minimum atomic E-state index is -1.03. The first-order valence-corrected chi connectivity index (χ1v) is 8.99. The summed E-state index contributed by atoms with van der Waals surface area (Å²) < 4.78 is 30.7. The van der Waals surface area contributed by atoms with E-state index in [-0.39, 0.29) is 5.75 Å². The maximum absolute atomic E-state index is 13.9. The number of ether oxygens (including phenoxy) is 1. The molecule has 132 valence electrons. The fraction of sp³-hybridized carbons (Fsp3) is 0.364. The summed E-state index contributed by atoms with van der Waals surface area (Å²) in [6.07, 6.45) is 8.52. The molecule has 0 spiro atoms. The van der Waals surface area contributed by atoms with Crippen LogP contribution in [0.3, 0.4) is 0 Å². The molecule has 0 saturated heterocycles. The van der Waals surface area contributed by atoms with Gasteiger partial charge in [0.1, 0.15) is 0 Å². The maximum Gasteiger partial charge on any atom is 0.228 e. The van der Waals surface area contributed by atoms with E-state index in [4.69, 9.17) is 0 Å². The lowest BCUT2D eigenvalue weighted by Gasteiger charge is -2.21. The molecule has 1 aliphatic rings. The van der Waals surface area contributed by atoms with Gasteiger partial charge in [0.05, 0.1) is 0 Å². The average Bonchev–Trinajstić information content (AvgIpc) is 2.65. The SMILES string of the molecule is CCCC1CC=C(c2ccc(-c3ccc(OCF)c(F)c3)cc2)CC1. The Labute approximate surface area is 148 Å². The van der Waals surface area contributed by atoms with Crippen LogP contribution in [-0.2, 0) is 0 Å². The van der Waals surface area contributed by atoms with Crippen LogP contribution in [0, 0.1) is 11.7 Å². The summed E-state index contributed by atoms with van der Waals surface area (Å²) in [7, 11) is 0. The van der Waals surface area contributed by atoms with Gasteiger partial charge in [0, 0.05) is 0 Å². The van der Waals surface area contributed by atoms with Gasteiger partial charge in [-0.1, -0.05) is 56.2 Å². The van der Waals surface area contributed by atoms with E-state index in [0.29, 0.717) is 0 Å². The zero-order chi connectivity index (χ0) is 17.6. The predicted molar refractivity (Wildman–Crippen MR) is 98.7 cm³/mol. The topological polar surface area (TPSA) is 9.23 Å². The van der Waals surface area contributed by atoms with Gasteiger partial charge in [-0.2, -0.15) is 0 Å². The highest BCUT2D eigenvalue weighted by molar-refractivity contribution is 5.71. The van der Waals surface area contributed by atoms with Crippen molar-refractivity contribution in [2.24, 2.45) is 5.92 Å². The Bertz CT molecular complexity index is 734. The summed E-state index contributed by atoms with van der Waals surface area (Å²) in [5.74, 6) is 0.231. The highest BCUT2D eigenvalue weighted by atomic mass is 19.1. The first-order chi connectivity index (χ1) is 12.2. The second-order valence-corrected chi connectivity index (χ2v) is 6.63. The van der Waals surface area contributed by atoms with E-state index in [1.807, 2.05) is 12.1 Å². The van der Waals surface area contributed by atoms with Crippen LogP contribution in [0.15, 0.2) is 48.5 Å². The second kappa shape index (κ2) is 8.28. The predicted octanol–water partition coefficient (Wildman–Crippen LogP) is 6.78. The van der Waals surface area contributed by atoms with E-state index in [0.717, 1.165) is 23.5 Å². The Morgan fingerprint density at radius 1 is 1.04 bits per heavy atom. The molecular formula is C22H24F2O. The van der Waals surface area contributed by atoms with Crippen molar-refractivity contribution < 1.29 is 13.5 Å². The zero-order valence-electron chi connectivity index (χ0n) is 14.6. The Morgan fingerprint density at radius 3 is 2.36 bits per heavy atom. The fourth-order valence-corrected chi connectivity index (χ4v) is 3.55. The third-order valence-corrected chi connectivity index (χ3v) is 4.95. The molecule has 3 heteroatoms. The molecule has 0 bridgehead atoms. The first-order valence-electron chi connectivity index (χ1n) is 8.99. The number of hydrogen-bond donors (Lipinski definition) is 0. The molecule has 25 heavy (non-hydrogen) atoms. The Balaban J connectivity index is 1.73. The van der Waals surface area contributed by atoms with E-state index >= 15 is 0 Å². The lowest BCUT2D eigenvalue weighted by Crippen LogP contribution is -2.04. The van der Waals surface area contributed by atoms with Gasteiger partial charge in [-0.25, -0.2) is 8.78 Å². The van der Waals surface area contributed by atoms with Crippen molar-refractivity contribution >= 4 is 5.57 Å². The molecule has 1 unspecified atom stereocenters. The second-order valence-electron chi connectivity index (χ2n) is 6.63. The Morgan fingerprint density at radius 2 is 1.76 bits per heavy atom. The van der Waals surface area contributed by atoms with E-state index < -0.39 is 12.7 Å². The summed E-state index contributed by atoms with van der Waals surface area (Å²) in [5, 5.41) is 0. The molecule has 0 heterocycles. The van der Waals surface area contributed by atoms with Crippen molar-refractivity contribution in [3.63, 3.8) is 0 Å². The summed E-state index contributed by atoms with van der Waals surface area (Å²) >= 11 is 0. The molecule has 0 fully saturated rings. The highest BCUT2D eigenvalue weighted by Gasteiger charge is 2.14. The standard InChI is InChI=1S/C22H24F2O/c1-2-3-16-4-6-17(7-5-16)18-8-10-19(11-9-18)20-12-13-22(25-15-23)21(24)14-20/h6,8-14,16H,2-5,7,15H2,1H3. The summed E-state index contributed by atoms with van der Waals surface area (Å²) in [4.78, 5) is 0. The minimum absolute atomic E-state index is 0.0585. The molecule has 1 atom stereocenters. The molecule has 0 amide bonds. The van der Waals surface area contributed by atoms with Crippen molar-refractivity contribution in [2.45, 2.75) is 39.0 Å². The van der Waals surface area contributed by atoms with Crippen molar-refractivity contribution in [3.8, 4) is 16.9 Å². The molecule has 1 aliphatic carbocycles. The number of benzene rings is 2. The zero-order valence-corrected chi connectivity index (χ0v) is 14.6. The molecule has 3 rings (SSSR count). The molecular weight excluding hydrogens is 318 g/mol. The molecule has 1 nitrogen and oxygen atoms in total. The fourth-order valence-electron chi connectivity index (χ4n) is 3.55. The van der Waals surface area contributed by atoms with Gasteiger partial charge in [0.2, 0.25) is 6.86 Å². The van der Waals surface area contributed by atoms with Gasteiger partial charge in [-0.05, 0) is 59.6 Å². The number of alkyl halides is 1. The van der Waals surface area contributed by atoms with Crippen LogP contribution in [0.1, 0.15) is 44.6 Å². The van der Waals surface area contributed by atoms with E-state index in [1.54, 1.807) is 6.07 Å². The van der Waals surface area contributed by atoms with E-state index in [2.05, 4.69) is 29.9 Å². The smallest absolute Gasteiger partial charge is 0.228 e. The molecule has 0 aliphatic heterocycles. The normalized spacial score (nSPS) is 17.2. The molecule has 2 aromatic carbocycles. The maximum atomic E-state index is 13.9. The third-order valence-electron chi connectivity index (χ3n) is 4.95. The number of allylic oxidation sites excluding steroid dienone is 2. The van der Waals surface area contributed by atoms with Crippen molar-refractivity contribution in [1.29, 1.82) is 0 Å². The van der Waals surface area contributed by atoms with Crippen LogP contribution in [0.5, 0.6) is 5.75 Å². The molecule has 0 radical (unpaired) electrons. The summed E-state index contributed by atoms with van der Waals surface area (Å²) in [5.41, 5.74) is 4.36. The largest absolute Gasteiger partial charge is 0.460 e. The van der Waals surface area contributed by atoms with E-state index in [9.17, 15) is 8.78 Å². The van der Waals surface area contributed by atoms with Gasteiger partial charge in [0.25, 0.3) is 0 Å². The van der Waals surface area contributed by atoms with Crippen LogP contribution in [0.4, 0.5) is 8.78 Å². The van der Waals surface area contributed by atoms with Gasteiger partial charge in [-0.15, -0.1) is 0 Å². The lowest BCUT2D eigenvalue weighted by atomic mass is 9.84. The van der Waals surface area contributed by atoms with Crippen LogP contribution >= 0.6 is 0 Å². The van der Waals surface area contributed by atoms with Crippen LogP contribution in [0.2, 0.25) is 0 Å². The third kappa shape index (κ3) is 4.28. The molecule has 0 N–H and O–H groups in total. The van der Waals surface area contributed by atoms with Crippen molar-refractivity contribution in [3.05, 3.63) is 59.9 Å². The van der Waals surface area contributed by atoms with Gasteiger partial charge >= 0.3 is 0 Å². The van der Waals surface area contributed by atoms with Gasteiger partial charge in [-0.3, -0.25) is 0 Å². The number of rotatable bonds is 6. The van der Waals surface area contributed by atoms with Crippen LogP contribution in [-0.4, -0.2) is 6.86 Å². The number of hydrogen-bond acceptors (Lipinski definition) is 1. The molecule has 2 aromatic rings. The van der Waals surface area contributed by atoms with Gasteiger partial charge < -0.3 is 4.74 Å². The first kappa shape index (κ1) is 17.7. The van der Waals surface area contributed by atoms with Crippen molar-refractivity contribution in [2.75, 3.05) is 6.86 Å². The van der Waals surface area contributed by atoms with Crippen molar-refractivity contribution in [1.82, 2.24) is 0 Å². The molecule has 0 saturated carbocycles. The quantitative estimate of drug-likeness (QED) is 0.562. The highest BCUT2D eigenvalue weighted by Crippen LogP contribution is 2.33. The van der Waals surface area contributed by atoms with E-state index in [1.165, 1.54) is 49.0 Å². The average molecular weight is 342 g/mol. The van der Waals surface area contributed by atoms with Crippen LogP contribution < -0.4 is 4.74 Å².